The fraction of sp³-hybridized carbons (Fsp3) is 0.562. The molecular weight excluding hydrogens is 241 g/mol. The fourth-order valence-corrected chi connectivity index (χ4v) is 2.74. The van der Waals surface area contributed by atoms with Gasteiger partial charge in [0.25, 0.3) is 5.91 Å². The molecule has 0 unspecified atom stereocenters. The molecule has 2 nitrogen and oxygen atoms in total. The van der Waals surface area contributed by atoms with Gasteiger partial charge in [-0.15, -0.1) is 0 Å². The van der Waals surface area contributed by atoms with E-state index in [0.29, 0.717) is 11.8 Å². The summed E-state index contributed by atoms with van der Waals surface area (Å²) in [5.74, 6) is 0.768. The lowest BCUT2D eigenvalue weighted by molar-refractivity contribution is 0.0663. The van der Waals surface area contributed by atoms with Gasteiger partial charge in [-0.1, -0.05) is 25.5 Å². The fourth-order valence-electron chi connectivity index (χ4n) is 2.74. The number of rotatable bonds is 2. The Morgan fingerprint density at radius 2 is 1.95 bits per heavy atom. The highest BCUT2D eigenvalue weighted by Crippen LogP contribution is 2.25. The Hall–Kier alpha value is -1.38. The summed E-state index contributed by atoms with van der Waals surface area (Å²) >= 11 is 0. The van der Waals surface area contributed by atoms with Gasteiger partial charge in [-0.3, -0.25) is 4.79 Å². The van der Waals surface area contributed by atoms with E-state index >= 15 is 0 Å². The maximum absolute atomic E-state index is 13.7. The number of benzene rings is 1. The Balaban J connectivity index is 2.07. The minimum Gasteiger partial charge on any atom is -0.339 e. The first kappa shape index (κ1) is 14.0. The molecule has 0 saturated carbocycles. The van der Waals surface area contributed by atoms with Crippen molar-refractivity contribution in [1.82, 2.24) is 4.90 Å². The lowest BCUT2D eigenvalue weighted by Gasteiger charge is -2.34. The number of aryl methyl sites for hydroxylation is 1. The van der Waals surface area contributed by atoms with E-state index in [1.807, 2.05) is 6.92 Å². The number of amides is 1. The van der Waals surface area contributed by atoms with Gasteiger partial charge in [0, 0.05) is 13.1 Å². The molecule has 3 heteroatoms. The SMILES string of the molecule is Cc1ccc(F)c(C(=O)N2CCC(C(C)C)CC2)c1. The number of halogens is 1. The third kappa shape index (κ3) is 3.14. The van der Waals surface area contributed by atoms with E-state index in [4.69, 9.17) is 0 Å². The van der Waals surface area contributed by atoms with E-state index in [9.17, 15) is 9.18 Å². The van der Waals surface area contributed by atoms with Crippen molar-refractivity contribution >= 4 is 5.91 Å². The first-order valence-corrected chi connectivity index (χ1v) is 7.04. The predicted molar refractivity (Wildman–Crippen MR) is 74.6 cm³/mol. The van der Waals surface area contributed by atoms with Crippen LogP contribution in [0.4, 0.5) is 4.39 Å². The second-order valence-corrected chi connectivity index (χ2v) is 5.86. The van der Waals surface area contributed by atoms with Gasteiger partial charge >= 0.3 is 0 Å². The molecule has 1 aromatic rings. The molecule has 2 rings (SSSR count). The normalized spacial score (nSPS) is 17.0. The van der Waals surface area contributed by atoms with Gasteiger partial charge in [-0.25, -0.2) is 4.39 Å². The Morgan fingerprint density at radius 1 is 1.32 bits per heavy atom. The minimum atomic E-state index is -0.415. The Labute approximate surface area is 114 Å². The number of nitrogens with zero attached hydrogens (tertiary/aromatic N) is 1. The number of carbonyl (C=O) groups excluding carboxylic acids is 1. The van der Waals surface area contributed by atoms with Crippen molar-refractivity contribution < 1.29 is 9.18 Å². The van der Waals surface area contributed by atoms with Gasteiger partial charge in [-0.05, 0) is 43.7 Å². The molecule has 1 saturated heterocycles. The highest BCUT2D eigenvalue weighted by Gasteiger charge is 2.26. The average Bonchev–Trinajstić information content (AvgIpc) is 2.41. The lowest BCUT2D eigenvalue weighted by Crippen LogP contribution is -2.39. The van der Waals surface area contributed by atoms with E-state index in [1.54, 1.807) is 17.0 Å². The summed E-state index contributed by atoms with van der Waals surface area (Å²) in [7, 11) is 0. The van der Waals surface area contributed by atoms with Crippen LogP contribution in [0.3, 0.4) is 0 Å². The number of hydrogen-bond acceptors (Lipinski definition) is 1. The van der Waals surface area contributed by atoms with Crippen LogP contribution in [0.2, 0.25) is 0 Å². The van der Waals surface area contributed by atoms with Crippen LogP contribution in [0, 0.1) is 24.6 Å². The van der Waals surface area contributed by atoms with Crippen LogP contribution < -0.4 is 0 Å². The van der Waals surface area contributed by atoms with Crippen LogP contribution in [0.5, 0.6) is 0 Å². The Morgan fingerprint density at radius 3 is 2.53 bits per heavy atom. The van der Waals surface area contributed by atoms with E-state index < -0.39 is 5.82 Å². The molecule has 0 radical (unpaired) electrons. The summed E-state index contributed by atoms with van der Waals surface area (Å²) in [6, 6.07) is 4.72. The first-order valence-electron chi connectivity index (χ1n) is 7.04. The zero-order valence-electron chi connectivity index (χ0n) is 11.9. The third-order valence-corrected chi connectivity index (χ3v) is 4.12. The molecule has 1 aliphatic heterocycles. The van der Waals surface area contributed by atoms with Crippen molar-refractivity contribution in [3.8, 4) is 0 Å². The van der Waals surface area contributed by atoms with Crippen molar-refractivity contribution in [2.24, 2.45) is 11.8 Å². The molecular formula is C16H22FNO. The van der Waals surface area contributed by atoms with Crippen molar-refractivity contribution in [3.05, 3.63) is 35.1 Å². The van der Waals surface area contributed by atoms with Crippen LogP contribution in [0.25, 0.3) is 0 Å². The molecule has 104 valence electrons. The van der Waals surface area contributed by atoms with Crippen LogP contribution in [0.1, 0.15) is 42.6 Å². The van der Waals surface area contributed by atoms with Crippen LogP contribution in [-0.2, 0) is 0 Å². The third-order valence-electron chi connectivity index (χ3n) is 4.12. The molecule has 1 aliphatic rings. The van der Waals surface area contributed by atoms with Crippen LogP contribution >= 0.6 is 0 Å². The maximum Gasteiger partial charge on any atom is 0.256 e. The van der Waals surface area contributed by atoms with Gasteiger partial charge < -0.3 is 4.90 Å². The van der Waals surface area contributed by atoms with Gasteiger partial charge in [-0.2, -0.15) is 0 Å². The molecule has 0 aromatic heterocycles. The van der Waals surface area contributed by atoms with Crippen LogP contribution in [0.15, 0.2) is 18.2 Å². The zero-order chi connectivity index (χ0) is 14.0. The van der Waals surface area contributed by atoms with Crippen molar-refractivity contribution in [3.63, 3.8) is 0 Å². The lowest BCUT2D eigenvalue weighted by atomic mass is 9.86. The zero-order valence-corrected chi connectivity index (χ0v) is 11.9. The van der Waals surface area contributed by atoms with Gasteiger partial charge in [0.2, 0.25) is 0 Å². The monoisotopic (exact) mass is 263 g/mol. The topological polar surface area (TPSA) is 20.3 Å². The van der Waals surface area contributed by atoms with Gasteiger partial charge in [0.15, 0.2) is 0 Å². The Bertz CT molecular complexity index is 462. The van der Waals surface area contributed by atoms with E-state index in [2.05, 4.69) is 13.8 Å². The molecule has 1 fully saturated rings. The van der Waals surface area contributed by atoms with E-state index in [-0.39, 0.29) is 11.5 Å². The maximum atomic E-state index is 13.7. The quantitative estimate of drug-likeness (QED) is 0.797. The highest BCUT2D eigenvalue weighted by atomic mass is 19.1. The van der Waals surface area contributed by atoms with Crippen molar-refractivity contribution in [1.29, 1.82) is 0 Å². The molecule has 0 atom stereocenters. The summed E-state index contributed by atoms with van der Waals surface area (Å²) < 4.78 is 13.7. The summed E-state index contributed by atoms with van der Waals surface area (Å²) in [6.45, 7) is 7.82. The predicted octanol–water partition coefficient (Wildman–Crippen LogP) is 3.64. The molecule has 1 heterocycles. The summed E-state index contributed by atoms with van der Waals surface area (Å²) in [6.07, 6.45) is 2.05. The van der Waals surface area contributed by atoms with E-state index in [1.165, 1.54) is 6.07 Å². The largest absolute Gasteiger partial charge is 0.339 e. The number of piperidine rings is 1. The molecule has 0 N–H and O–H groups in total. The first-order chi connectivity index (χ1) is 8.99. The standard InChI is InChI=1S/C16H22FNO/c1-11(2)13-6-8-18(9-7-13)16(19)14-10-12(3)4-5-15(14)17/h4-5,10-11,13H,6-9H2,1-3H3. The summed E-state index contributed by atoms with van der Waals surface area (Å²) in [5, 5.41) is 0. The molecule has 1 aromatic carbocycles. The second kappa shape index (κ2) is 5.72. The number of likely N-dealkylation sites (tertiary alicyclic amines) is 1. The highest BCUT2D eigenvalue weighted by molar-refractivity contribution is 5.94. The van der Waals surface area contributed by atoms with Crippen LogP contribution in [-0.4, -0.2) is 23.9 Å². The molecule has 0 bridgehead atoms. The molecule has 19 heavy (non-hydrogen) atoms. The molecule has 0 spiro atoms. The number of hydrogen-bond donors (Lipinski definition) is 0. The summed E-state index contributed by atoms with van der Waals surface area (Å²) in [5.41, 5.74) is 1.13. The van der Waals surface area contributed by atoms with Crippen molar-refractivity contribution in [2.75, 3.05) is 13.1 Å². The average molecular weight is 263 g/mol. The second-order valence-electron chi connectivity index (χ2n) is 5.86. The van der Waals surface area contributed by atoms with Gasteiger partial charge in [0.05, 0.1) is 5.56 Å². The molecule has 1 amide bonds. The number of carbonyl (C=O) groups is 1. The minimum absolute atomic E-state index is 0.164. The van der Waals surface area contributed by atoms with Gasteiger partial charge in [0.1, 0.15) is 5.82 Å². The Kier molecular flexibility index (Phi) is 4.23. The van der Waals surface area contributed by atoms with Crippen molar-refractivity contribution in [2.45, 2.75) is 33.6 Å². The smallest absolute Gasteiger partial charge is 0.256 e. The van der Waals surface area contributed by atoms with E-state index in [0.717, 1.165) is 31.5 Å². The molecule has 0 aliphatic carbocycles. The summed E-state index contributed by atoms with van der Waals surface area (Å²) in [4.78, 5) is 14.1.